The molecule has 0 rings (SSSR count). The van der Waals surface area contributed by atoms with Crippen molar-refractivity contribution in [2.75, 3.05) is 0 Å². The van der Waals surface area contributed by atoms with Gasteiger partial charge in [-0.3, -0.25) is 0 Å². The van der Waals surface area contributed by atoms with Crippen LogP contribution in [0.3, 0.4) is 0 Å². The first-order chi connectivity index (χ1) is 10.0. The molecule has 0 heterocycles. The number of amides is 3. The normalized spacial score (nSPS) is 12.2. The Labute approximate surface area is 137 Å². The molecule has 0 aromatic heterocycles. The first-order valence-electron chi connectivity index (χ1n) is 7.26. The van der Waals surface area contributed by atoms with E-state index in [4.69, 9.17) is 14.2 Å². The Hall–Kier alpha value is -1.99. The van der Waals surface area contributed by atoms with Crippen molar-refractivity contribution in [1.82, 2.24) is 10.4 Å². The second-order valence-electron chi connectivity index (χ2n) is 7.91. The highest BCUT2D eigenvalue weighted by atomic mass is 16.6. The fraction of sp³-hybridized carbons (Fsp3) is 0.800. The van der Waals surface area contributed by atoms with E-state index in [1.165, 1.54) is 0 Å². The van der Waals surface area contributed by atoms with Crippen LogP contribution < -0.4 is 5.43 Å². The number of carbonyl (C=O) groups excluding carboxylic acids is 3. The van der Waals surface area contributed by atoms with Gasteiger partial charge in [-0.05, 0) is 62.3 Å². The Morgan fingerprint density at radius 3 is 1.22 bits per heavy atom. The Kier molecular flexibility index (Phi) is 6.45. The van der Waals surface area contributed by atoms with Crippen LogP contribution in [0.4, 0.5) is 14.4 Å². The zero-order valence-corrected chi connectivity index (χ0v) is 15.4. The van der Waals surface area contributed by atoms with Crippen LogP contribution in [0.25, 0.3) is 0 Å². The molecule has 0 aliphatic rings. The van der Waals surface area contributed by atoms with E-state index in [9.17, 15) is 14.4 Å². The minimum absolute atomic E-state index is 0.352. The molecule has 8 heteroatoms. The van der Waals surface area contributed by atoms with E-state index in [2.05, 4.69) is 0 Å². The third-order valence-corrected chi connectivity index (χ3v) is 1.75. The monoisotopic (exact) mass is 332 g/mol. The van der Waals surface area contributed by atoms with Crippen LogP contribution in [0, 0.1) is 0 Å². The van der Waals surface area contributed by atoms with E-state index in [-0.39, 0.29) is 0 Å². The first-order valence-corrected chi connectivity index (χ1v) is 7.26. The van der Waals surface area contributed by atoms with E-state index >= 15 is 0 Å². The molecule has 0 fully saturated rings. The van der Waals surface area contributed by atoms with Crippen molar-refractivity contribution in [2.45, 2.75) is 79.1 Å². The lowest BCUT2D eigenvalue weighted by Gasteiger charge is -2.29. The summed E-state index contributed by atoms with van der Waals surface area (Å²) in [5, 5.41) is 0.352. The highest BCUT2D eigenvalue weighted by molar-refractivity contribution is 5.90. The zero-order valence-electron chi connectivity index (χ0n) is 15.4. The van der Waals surface area contributed by atoms with Crippen molar-refractivity contribution < 1.29 is 28.6 Å². The van der Waals surface area contributed by atoms with Crippen molar-refractivity contribution in [1.29, 1.82) is 0 Å². The molecule has 0 bridgehead atoms. The van der Waals surface area contributed by atoms with E-state index < -0.39 is 35.1 Å². The molecule has 0 saturated heterocycles. The third-order valence-electron chi connectivity index (χ3n) is 1.75. The van der Waals surface area contributed by atoms with Gasteiger partial charge >= 0.3 is 18.3 Å². The number of hydrogen-bond acceptors (Lipinski definition) is 6. The largest absolute Gasteiger partial charge is 0.443 e. The molecule has 0 atom stereocenters. The third kappa shape index (κ3) is 10.4. The highest BCUT2D eigenvalue weighted by Crippen LogP contribution is 2.14. The van der Waals surface area contributed by atoms with Gasteiger partial charge in [-0.25, -0.2) is 19.8 Å². The average molecular weight is 332 g/mol. The standard InChI is InChI=1S/C15H28N2O6/c1-13(2,3)21-10(18)16-17(11(19)22-14(4,5)6)12(20)23-15(7,8)9/h1-9H3,(H,16,18). The molecule has 0 aromatic rings. The van der Waals surface area contributed by atoms with Gasteiger partial charge in [-0.1, -0.05) is 0 Å². The van der Waals surface area contributed by atoms with Crippen LogP contribution in [0.15, 0.2) is 0 Å². The lowest BCUT2D eigenvalue weighted by Crippen LogP contribution is -2.53. The summed E-state index contributed by atoms with van der Waals surface area (Å²) >= 11 is 0. The van der Waals surface area contributed by atoms with Crippen molar-refractivity contribution in [3.63, 3.8) is 0 Å². The summed E-state index contributed by atoms with van der Waals surface area (Å²) in [4.78, 5) is 36.1. The summed E-state index contributed by atoms with van der Waals surface area (Å²) < 4.78 is 15.2. The summed E-state index contributed by atoms with van der Waals surface area (Å²) in [6, 6.07) is 0. The summed E-state index contributed by atoms with van der Waals surface area (Å²) in [5.41, 5.74) is -0.461. The Morgan fingerprint density at radius 1 is 0.652 bits per heavy atom. The van der Waals surface area contributed by atoms with Gasteiger partial charge in [0.2, 0.25) is 0 Å². The van der Waals surface area contributed by atoms with E-state index in [1.807, 2.05) is 5.43 Å². The number of ether oxygens (including phenoxy) is 3. The lowest BCUT2D eigenvalue weighted by molar-refractivity contribution is -0.0168. The van der Waals surface area contributed by atoms with Crippen LogP contribution in [0.5, 0.6) is 0 Å². The molecule has 1 N–H and O–H groups in total. The van der Waals surface area contributed by atoms with Crippen molar-refractivity contribution in [3.05, 3.63) is 0 Å². The van der Waals surface area contributed by atoms with Crippen molar-refractivity contribution >= 4 is 18.3 Å². The van der Waals surface area contributed by atoms with Crippen LogP contribution in [-0.4, -0.2) is 40.1 Å². The molecule has 0 unspecified atom stereocenters. The molecule has 0 aliphatic heterocycles. The highest BCUT2D eigenvalue weighted by Gasteiger charge is 2.34. The minimum Gasteiger partial charge on any atom is -0.443 e. The van der Waals surface area contributed by atoms with Crippen LogP contribution in [0.1, 0.15) is 62.3 Å². The van der Waals surface area contributed by atoms with Crippen molar-refractivity contribution in [3.8, 4) is 0 Å². The molecule has 0 saturated carbocycles. The Morgan fingerprint density at radius 2 is 0.957 bits per heavy atom. The maximum Gasteiger partial charge on any atom is 0.439 e. The molecule has 8 nitrogen and oxygen atoms in total. The summed E-state index contributed by atoms with van der Waals surface area (Å²) in [6.07, 6.45) is -3.12. The predicted molar refractivity (Wildman–Crippen MR) is 83.7 cm³/mol. The van der Waals surface area contributed by atoms with Gasteiger partial charge in [0.15, 0.2) is 0 Å². The molecule has 3 amide bonds. The smallest absolute Gasteiger partial charge is 0.439 e. The van der Waals surface area contributed by atoms with Gasteiger partial charge in [-0.15, -0.1) is 5.01 Å². The number of rotatable bonds is 0. The van der Waals surface area contributed by atoms with Crippen LogP contribution in [-0.2, 0) is 14.2 Å². The second kappa shape index (κ2) is 7.06. The SMILES string of the molecule is CC(C)(C)OC(=O)NN(C(=O)OC(C)(C)C)C(=O)OC(C)(C)C. The number of nitrogens with zero attached hydrogens (tertiary/aromatic N) is 1. The average Bonchev–Trinajstić information content (AvgIpc) is 2.17. The summed E-state index contributed by atoms with van der Waals surface area (Å²) in [7, 11) is 0. The predicted octanol–water partition coefficient (Wildman–Crippen LogP) is 3.60. The molecule has 134 valence electrons. The zero-order chi connectivity index (χ0) is 18.6. The molecule has 0 spiro atoms. The number of hydrazine groups is 1. The molecule has 0 aliphatic carbocycles. The molecule has 23 heavy (non-hydrogen) atoms. The Balaban J connectivity index is 5.19. The minimum atomic E-state index is -1.07. The van der Waals surface area contributed by atoms with Gasteiger partial charge < -0.3 is 14.2 Å². The Bertz CT molecular complexity index is 426. The molecular formula is C15H28N2O6. The van der Waals surface area contributed by atoms with Crippen LogP contribution >= 0.6 is 0 Å². The lowest BCUT2D eigenvalue weighted by atomic mass is 10.2. The van der Waals surface area contributed by atoms with Gasteiger partial charge in [0.1, 0.15) is 16.8 Å². The molecule has 0 aromatic carbocycles. The van der Waals surface area contributed by atoms with Gasteiger partial charge in [-0.2, -0.15) is 0 Å². The van der Waals surface area contributed by atoms with Crippen LogP contribution in [0.2, 0.25) is 0 Å². The van der Waals surface area contributed by atoms with E-state index in [1.54, 1.807) is 62.3 Å². The first kappa shape index (κ1) is 21.0. The number of nitrogens with one attached hydrogen (secondary N) is 1. The second-order valence-corrected chi connectivity index (χ2v) is 7.91. The van der Waals surface area contributed by atoms with Crippen molar-refractivity contribution in [2.24, 2.45) is 0 Å². The van der Waals surface area contributed by atoms with Gasteiger partial charge in [0.05, 0.1) is 0 Å². The quantitative estimate of drug-likeness (QED) is 0.538. The number of imide groups is 1. The van der Waals surface area contributed by atoms with Gasteiger partial charge in [0, 0.05) is 0 Å². The molecular weight excluding hydrogens is 304 g/mol. The summed E-state index contributed by atoms with van der Waals surface area (Å²) in [5.74, 6) is 0. The maximum absolute atomic E-state index is 12.1. The van der Waals surface area contributed by atoms with E-state index in [0.717, 1.165) is 0 Å². The summed E-state index contributed by atoms with van der Waals surface area (Å²) in [6.45, 7) is 14.7. The fourth-order valence-electron chi connectivity index (χ4n) is 1.17. The topological polar surface area (TPSA) is 94.2 Å². The number of hydrogen-bond donors (Lipinski definition) is 1. The molecule has 0 radical (unpaired) electrons. The van der Waals surface area contributed by atoms with E-state index in [0.29, 0.717) is 5.01 Å². The van der Waals surface area contributed by atoms with Gasteiger partial charge in [0.25, 0.3) is 0 Å². The number of carbonyl (C=O) groups is 3. The fourth-order valence-corrected chi connectivity index (χ4v) is 1.17. The maximum atomic E-state index is 12.1.